The van der Waals surface area contributed by atoms with Gasteiger partial charge in [0.2, 0.25) is 35.4 Å². The Bertz CT molecular complexity index is 1100. The van der Waals surface area contributed by atoms with Crippen LogP contribution >= 0.6 is 8.60 Å². The van der Waals surface area contributed by atoms with Gasteiger partial charge in [-0.1, -0.05) is 0 Å². The number of nitrogens with zero attached hydrogens (tertiary/aromatic N) is 3. The minimum Gasteiger partial charge on any atom is -0.373 e. The Balaban J connectivity index is 0.895. The van der Waals surface area contributed by atoms with E-state index in [9.17, 15) is 28.8 Å². The highest BCUT2D eigenvalue weighted by Crippen LogP contribution is 2.52. The van der Waals surface area contributed by atoms with Gasteiger partial charge < -0.3 is 14.2 Å². The second kappa shape index (κ2) is 9.56. The minimum absolute atomic E-state index is 0.290. The predicted molar refractivity (Wildman–Crippen MR) is 135 cm³/mol. The Kier molecular flexibility index (Phi) is 5.99. The lowest BCUT2D eigenvalue weighted by Crippen LogP contribution is -2.38. The van der Waals surface area contributed by atoms with Crippen LogP contribution in [0.3, 0.4) is 0 Å². The van der Waals surface area contributed by atoms with Crippen molar-refractivity contribution in [3.63, 3.8) is 0 Å². The molecule has 9 aliphatic heterocycles. The van der Waals surface area contributed by atoms with Crippen molar-refractivity contribution in [3.05, 3.63) is 0 Å². The maximum Gasteiger partial charge on any atom is 0.338 e. The lowest BCUT2D eigenvalue weighted by atomic mass is 9.81. The molecule has 9 rings (SSSR count). The van der Waals surface area contributed by atoms with Crippen molar-refractivity contribution in [2.45, 2.75) is 75.1 Å². The molecule has 0 saturated carbocycles. The Hall–Kier alpha value is -2.39. The summed E-state index contributed by atoms with van der Waals surface area (Å²) < 4.78 is 34.7. The number of ether oxygens (including phenoxy) is 3. The first-order valence-electron chi connectivity index (χ1n) is 15.0. The number of hydrogen-bond acceptors (Lipinski definition) is 12. The molecule has 43 heavy (non-hydrogen) atoms. The van der Waals surface area contributed by atoms with Crippen LogP contribution in [0.15, 0.2) is 0 Å². The number of carbonyl (C=O) groups excluding carboxylic acids is 6. The topological polar surface area (TPSA) is 168 Å². The number of amides is 6. The van der Waals surface area contributed by atoms with Crippen LogP contribution in [-0.2, 0) is 56.5 Å². The van der Waals surface area contributed by atoms with E-state index in [1.54, 1.807) is 0 Å². The van der Waals surface area contributed by atoms with Crippen LogP contribution in [0.5, 0.6) is 0 Å². The van der Waals surface area contributed by atoms with Gasteiger partial charge in [0.05, 0.1) is 72.1 Å². The van der Waals surface area contributed by atoms with E-state index in [1.807, 2.05) is 0 Å². The maximum absolute atomic E-state index is 13.1. The molecule has 230 valence electrons. The molecular weight excluding hydrogens is 589 g/mol. The zero-order valence-corrected chi connectivity index (χ0v) is 23.9. The zero-order chi connectivity index (χ0) is 29.3. The van der Waals surface area contributed by atoms with Crippen molar-refractivity contribution in [2.75, 3.05) is 20.2 Å². The third-order valence-electron chi connectivity index (χ3n) is 11.0. The van der Waals surface area contributed by atoms with Gasteiger partial charge >= 0.3 is 8.60 Å². The predicted octanol–water partition coefficient (Wildman–Crippen LogP) is -0.377. The zero-order valence-electron chi connectivity index (χ0n) is 23.0. The van der Waals surface area contributed by atoms with Gasteiger partial charge in [-0.05, 0) is 38.5 Å². The van der Waals surface area contributed by atoms with Gasteiger partial charge in [-0.25, -0.2) is 0 Å². The van der Waals surface area contributed by atoms with E-state index in [0.29, 0.717) is 0 Å². The average molecular weight is 620 g/mol. The summed E-state index contributed by atoms with van der Waals surface area (Å²) in [7, 11) is -2.42. The quantitative estimate of drug-likeness (QED) is 0.243. The summed E-state index contributed by atoms with van der Waals surface area (Å²) in [4.78, 5) is 81.7. The van der Waals surface area contributed by atoms with E-state index in [4.69, 9.17) is 27.8 Å². The van der Waals surface area contributed by atoms with Crippen molar-refractivity contribution in [2.24, 2.45) is 35.5 Å². The van der Waals surface area contributed by atoms with E-state index >= 15 is 0 Å². The van der Waals surface area contributed by atoms with Gasteiger partial charge in [0, 0.05) is 0 Å². The molecule has 0 aromatic carbocycles. The summed E-state index contributed by atoms with van der Waals surface area (Å²) in [6.07, 6.45) is 2.58. The number of hydrogen-bond donors (Lipinski definition) is 0. The van der Waals surface area contributed by atoms with Crippen molar-refractivity contribution >= 4 is 44.0 Å². The Morgan fingerprint density at radius 1 is 0.442 bits per heavy atom. The largest absolute Gasteiger partial charge is 0.373 e. The van der Waals surface area contributed by atoms with Crippen LogP contribution in [0.2, 0.25) is 0 Å². The molecule has 15 nitrogen and oxygen atoms in total. The lowest BCUT2D eigenvalue weighted by Gasteiger charge is -2.25. The van der Waals surface area contributed by atoms with E-state index in [1.165, 1.54) is 0 Å². The van der Waals surface area contributed by atoms with E-state index in [-0.39, 0.29) is 36.6 Å². The van der Waals surface area contributed by atoms with Crippen LogP contribution in [-0.4, -0.2) is 107 Å². The SMILES string of the molecule is O=C1C2C3CCC(O3)C2C(=O)N1COP(OCN1C(=O)C2C3CCC(O3)C2C1=O)OCN1C(=O)C2C3CCC(O3)C2C1=O. The van der Waals surface area contributed by atoms with Gasteiger partial charge in [0.1, 0.15) is 20.2 Å². The van der Waals surface area contributed by atoms with Crippen molar-refractivity contribution in [1.29, 1.82) is 0 Å². The molecule has 0 aromatic heterocycles. The normalized spacial score (nSPS) is 45.9. The number of fused-ring (bicyclic) bond motifs is 15. The molecule has 0 aromatic rings. The Labute approximate surface area is 246 Å². The maximum atomic E-state index is 13.1. The minimum atomic E-state index is -2.42. The van der Waals surface area contributed by atoms with Gasteiger partial charge in [0.15, 0.2) is 0 Å². The van der Waals surface area contributed by atoms with Gasteiger partial charge in [-0.15, -0.1) is 0 Å². The van der Waals surface area contributed by atoms with Crippen LogP contribution < -0.4 is 0 Å². The van der Waals surface area contributed by atoms with Crippen LogP contribution in [0.25, 0.3) is 0 Å². The highest BCUT2D eigenvalue weighted by Gasteiger charge is 2.65. The third-order valence-corrected chi connectivity index (χ3v) is 12.0. The molecule has 0 spiro atoms. The van der Waals surface area contributed by atoms with Crippen molar-refractivity contribution in [3.8, 4) is 0 Å². The standard InChI is InChI=1S/C27H30N3O12P/c31-22-16-10-1-2-11(40-10)17(16)23(32)28(22)7-37-43(38-8-29-24(33)18-12-3-4-13(41-12)19(18)25(29)34)39-9-30-26(35)20-14-5-6-15(42-14)21(20)27(30)36/h10-21H,1-9H2. The van der Waals surface area contributed by atoms with Gasteiger partial charge in [0.25, 0.3) is 0 Å². The molecule has 6 amide bonds. The fourth-order valence-electron chi connectivity index (χ4n) is 9.13. The first-order chi connectivity index (χ1) is 20.8. The summed E-state index contributed by atoms with van der Waals surface area (Å²) in [5, 5.41) is 0. The first-order valence-corrected chi connectivity index (χ1v) is 16.1. The van der Waals surface area contributed by atoms with E-state index in [2.05, 4.69) is 0 Å². The molecule has 0 aliphatic carbocycles. The highest BCUT2D eigenvalue weighted by atomic mass is 31.2. The number of likely N-dealkylation sites (tertiary alicyclic amines) is 3. The van der Waals surface area contributed by atoms with Crippen LogP contribution in [0, 0.1) is 35.5 Å². The molecule has 9 heterocycles. The molecule has 9 fully saturated rings. The lowest BCUT2D eigenvalue weighted by molar-refractivity contribution is -0.146. The van der Waals surface area contributed by atoms with Crippen molar-refractivity contribution in [1.82, 2.24) is 14.7 Å². The summed E-state index contributed by atoms with van der Waals surface area (Å²) in [5.41, 5.74) is 0. The molecule has 0 N–H and O–H groups in total. The Morgan fingerprint density at radius 3 is 0.860 bits per heavy atom. The van der Waals surface area contributed by atoms with Crippen LogP contribution in [0.4, 0.5) is 0 Å². The number of imide groups is 3. The second-order valence-corrected chi connectivity index (χ2v) is 14.1. The fourth-order valence-corrected chi connectivity index (χ4v) is 9.98. The molecule has 9 saturated heterocycles. The molecular formula is C27H30N3O12P. The smallest absolute Gasteiger partial charge is 0.338 e. The van der Waals surface area contributed by atoms with Crippen LogP contribution in [0.1, 0.15) is 38.5 Å². The van der Waals surface area contributed by atoms with Gasteiger partial charge in [-0.2, -0.15) is 0 Å². The monoisotopic (exact) mass is 619 g/mol. The highest BCUT2D eigenvalue weighted by molar-refractivity contribution is 7.41. The second-order valence-electron chi connectivity index (χ2n) is 12.8. The van der Waals surface area contributed by atoms with E-state index in [0.717, 1.165) is 53.2 Å². The molecule has 16 heteroatoms. The third kappa shape index (κ3) is 3.67. The van der Waals surface area contributed by atoms with Crippen molar-refractivity contribution < 1.29 is 56.5 Å². The number of carbonyl (C=O) groups is 6. The fraction of sp³-hybridized carbons (Fsp3) is 0.778. The summed E-state index contributed by atoms with van der Waals surface area (Å²) in [6, 6.07) is 0. The van der Waals surface area contributed by atoms with E-state index < -0.39 is 99.7 Å². The summed E-state index contributed by atoms with van der Waals surface area (Å²) >= 11 is 0. The average Bonchev–Trinajstić information content (AvgIpc) is 3.85. The molecule has 9 aliphatic rings. The van der Waals surface area contributed by atoms with Gasteiger partial charge in [-0.3, -0.25) is 57.0 Å². The summed E-state index contributed by atoms with van der Waals surface area (Å²) in [6.45, 7) is -1.44. The number of rotatable bonds is 9. The molecule has 12 atom stereocenters. The molecule has 6 bridgehead atoms. The molecule has 12 unspecified atom stereocenters. The first kappa shape index (κ1) is 27.0. The Morgan fingerprint density at radius 2 is 0.651 bits per heavy atom. The molecule has 0 radical (unpaired) electrons. The summed E-state index contributed by atoms with van der Waals surface area (Å²) in [5.74, 6) is -5.61.